The highest BCUT2D eigenvalue weighted by atomic mass is 32.1. The van der Waals surface area contributed by atoms with Crippen LogP contribution in [0.15, 0.2) is 48.5 Å². The summed E-state index contributed by atoms with van der Waals surface area (Å²) in [5.74, 6) is 0.806. The third-order valence-corrected chi connectivity index (χ3v) is 3.53. The van der Waals surface area contributed by atoms with Crippen LogP contribution in [-0.4, -0.2) is 22.7 Å². The quantitative estimate of drug-likeness (QED) is 0.851. The van der Waals surface area contributed by atoms with Gasteiger partial charge in [-0.2, -0.15) is 12.6 Å². The number of anilines is 1. The van der Waals surface area contributed by atoms with Crippen molar-refractivity contribution in [2.75, 3.05) is 11.4 Å². The first-order chi connectivity index (χ1) is 9.24. The van der Waals surface area contributed by atoms with Gasteiger partial charge in [-0.25, -0.2) is 4.98 Å². The minimum Gasteiger partial charge on any atom is -0.296 e. The number of hydrogen-bond donors (Lipinski definition) is 1. The van der Waals surface area contributed by atoms with Gasteiger partial charge in [0.15, 0.2) is 0 Å². The van der Waals surface area contributed by atoms with Crippen molar-refractivity contribution >= 4 is 24.4 Å². The van der Waals surface area contributed by atoms with Crippen LogP contribution in [0, 0.1) is 0 Å². The summed E-state index contributed by atoms with van der Waals surface area (Å²) in [6, 6.07) is 15.7. The van der Waals surface area contributed by atoms with E-state index in [0.29, 0.717) is 18.8 Å². The highest BCUT2D eigenvalue weighted by molar-refractivity contribution is 7.81. The van der Waals surface area contributed by atoms with E-state index in [2.05, 4.69) is 17.6 Å². The molecule has 0 N–H and O–H groups in total. The van der Waals surface area contributed by atoms with Gasteiger partial charge in [0, 0.05) is 23.8 Å². The summed E-state index contributed by atoms with van der Waals surface area (Å²) in [7, 11) is 0. The third-order valence-electron chi connectivity index (χ3n) is 3.19. The van der Waals surface area contributed by atoms with Crippen molar-refractivity contribution in [3.8, 4) is 11.3 Å². The molecule has 4 heteroatoms. The number of carbonyl (C=O) groups is 1. The number of amides is 1. The van der Waals surface area contributed by atoms with Crippen LogP contribution in [-0.2, 0) is 4.79 Å². The van der Waals surface area contributed by atoms with Gasteiger partial charge in [0.05, 0.1) is 5.69 Å². The number of nitrogens with zero attached hydrogens (tertiary/aromatic N) is 2. The largest absolute Gasteiger partial charge is 0.296 e. The zero-order chi connectivity index (χ0) is 13.2. The first kappa shape index (κ1) is 12.2. The van der Waals surface area contributed by atoms with Crippen LogP contribution >= 0.6 is 12.6 Å². The third kappa shape index (κ3) is 2.49. The van der Waals surface area contributed by atoms with E-state index in [9.17, 15) is 4.79 Å². The fraction of sp³-hybridized carbons (Fsp3) is 0.200. The Morgan fingerprint density at radius 1 is 1.11 bits per heavy atom. The topological polar surface area (TPSA) is 33.2 Å². The second kappa shape index (κ2) is 5.05. The molecule has 1 saturated heterocycles. The lowest BCUT2D eigenvalue weighted by atomic mass is 10.1. The van der Waals surface area contributed by atoms with E-state index in [0.717, 1.165) is 11.3 Å². The van der Waals surface area contributed by atoms with Crippen molar-refractivity contribution in [1.82, 2.24) is 4.98 Å². The van der Waals surface area contributed by atoms with Gasteiger partial charge in [-0.15, -0.1) is 0 Å². The molecule has 0 saturated carbocycles. The van der Waals surface area contributed by atoms with Crippen molar-refractivity contribution in [3.63, 3.8) is 0 Å². The first-order valence-electron chi connectivity index (χ1n) is 6.25. The van der Waals surface area contributed by atoms with E-state index in [4.69, 9.17) is 0 Å². The van der Waals surface area contributed by atoms with E-state index < -0.39 is 0 Å². The van der Waals surface area contributed by atoms with Crippen LogP contribution in [0.5, 0.6) is 0 Å². The zero-order valence-electron chi connectivity index (χ0n) is 10.4. The molecule has 96 valence electrons. The van der Waals surface area contributed by atoms with Crippen molar-refractivity contribution in [2.24, 2.45) is 0 Å². The molecule has 1 fully saturated rings. The Bertz CT molecular complexity index is 600. The zero-order valence-corrected chi connectivity index (χ0v) is 11.3. The van der Waals surface area contributed by atoms with Crippen LogP contribution < -0.4 is 4.90 Å². The Morgan fingerprint density at radius 2 is 1.89 bits per heavy atom. The van der Waals surface area contributed by atoms with Crippen LogP contribution in [0.2, 0.25) is 0 Å². The van der Waals surface area contributed by atoms with Crippen LogP contribution in [0.25, 0.3) is 11.3 Å². The number of thiol groups is 1. The Labute approximate surface area is 117 Å². The lowest BCUT2D eigenvalue weighted by Crippen LogP contribution is -2.25. The maximum Gasteiger partial charge on any atom is 0.229 e. The summed E-state index contributed by atoms with van der Waals surface area (Å²) in [5, 5.41) is 0.106. The molecule has 0 spiro atoms. The van der Waals surface area contributed by atoms with E-state index in [1.165, 1.54) is 0 Å². The summed E-state index contributed by atoms with van der Waals surface area (Å²) < 4.78 is 0. The number of benzene rings is 1. The number of aromatic nitrogens is 1. The van der Waals surface area contributed by atoms with Gasteiger partial charge >= 0.3 is 0 Å². The van der Waals surface area contributed by atoms with Crippen LogP contribution in [0.4, 0.5) is 5.82 Å². The maximum atomic E-state index is 11.9. The lowest BCUT2D eigenvalue weighted by Gasteiger charge is -2.15. The molecule has 1 aromatic heterocycles. The summed E-state index contributed by atoms with van der Waals surface area (Å²) in [6.45, 7) is 0.632. The average Bonchev–Trinajstić information content (AvgIpc) is 2.79. The molecule has 0 aliphatic carbocycles. The van der Waals surface area contributed by atoms with E-state index >= 15 is 0 Å². The van der Waals surface area contributed by atoms with Gasteiger partial charge in [0.25, 0.3) is 0 Å². The highest BCUT2D eigenvalue weighted by Gasteiger charge is 2.29. The van der Waals surface area contributed by atoms with Gasteiger partial charge < -0.3 is 0 Å². The highest BCUT2D eigenvalue weighted by Crippen LogP contribution is 2.25. The first-order valence-corrected chi connectivity index (χ1v) is 6.76. The molecule has 1 amide bonds. The van der Waals surface area contributed by atoms with Gasteiger partial charge in [-0.3, -0.25) is 9.69 Å². The number of carbonyl (C=O) groups excluding carboxylic acids is 1. The predicted octanol–water partition coefficient (Wildman–Crippen LogP) is 2.78. The summed E-state index contributed by atoms with van der Waals surface area (Å²) >= 11 is 4.37. The summed E-state index contributed by atoms with van der Waals surface area (Å²) in [4.78, 5) is 18.2. The second-order valence-electron chi connectivity index (χ2n) is 4.61. The van der Waals surface area contributed by atoms with Crippen molar-refractivity contribution in [2.45, 2.75) is 11.7 Å². The molecule has 3 nitrogen and oxygen atoms in total. The standard InChI is InChI=1S/C15H14N2OS/c18-15-9-12(19)10-17(15)14-8-4-7-13(16-14)11-5-2-1-3-6-11/h1-8,12,19H,9-10H2. The minimum absolute atomic E-state index is 0.0951. The van der Waals surface area contributed by atoms with Crippen LogP contribution in [0.3, 0.4) is 0 Å². The molecule has 1 unspecified atom stereocenters. The molecule has 3 rings (SSSR count). The molecule has 1 aliphatic rings. The predicted molar refractivity (Wildman–Crippen MR) is 79.4 cm³/mol. The molecule has 19 heavy (non-hydrogen) atoms. The van der Waals surface area contributed by atoms with Crippen molar-refractivity contribution in [1.29, 1.82) is 0 Å². The summed E-state index contributed by atoms with van der Waals surface area (Å²) in [6.07, 6.45) is 0.486. The molecule has 1 aromatic carbocycles. The van der Waals surface area contributed by atoms with Gasteiger partial charge in [-0.1, -0.05) is 36.4 Å². The fourth-order valence-corrected chi connectivity index (χ4v) is 2.57. The maximum absolute atomic E-state index is 11.9. The summed E-state index contributed by atoms with van der Waals surface area (Å²) in [5.41, 5.74) is 1.94. The average molecular weight is 270 g/mol. The van der Waals surface area contributed by atoms with Gasteiger partial charge in [0.2, 0.25) is 5.91 Å². The minimum atomic E-state index is 0.0951. The van der Waals surface area contributed by atoms with Crippen molar-refractivity contribution < 1.29 is 4.79 Å². The Kier molecular flexibility index (Phi) is 3.25. The van der Waals surface area contributed by atoms with Crippen molar-refractivity contribution in [3.05, 3.63) is 48.5 Å². The molecule has 0 radical (unpaired) electrons. The van der Waals surface area contributed by atoms with E-state index in [-0.39, 0.29) is 11.2 Å². The smallest absolute Gasteiger partial charge is 0.229 e. The van der Waals surface area contributed by atoms with Gasteiger partial charge in [0.1, 0.15) is 5.82 Å². The van der Waals surface area contributed by atoms with Gasteiger partial charge in [-0.05, 0) is 12.1 Å². The molecular formula is C15H14N2OS. The SMILES string of the molecule is O=C1CC(S)CN1c1cccc(-c2ccccc2)n1. The number of rotatable bonds is 2. The normalized spacial score (nSPS) is 18.9. The van der Waals surface area contributed by atoms with E-state index in [1.807, 2.05) is 48.5 Å². The van der Waals surface area contributed by atoms with Crippen LogP contribution in [0.1, 0.15) is 6.42 Å². The molecule has 1 atom stereocenters. The Morgan fingerprint density at radius 3 is 2.58 bits per heavy atom. The fourth-order valence-electron chi connectivity index (χ4n) is 2.25. The molecule has 2 heterocycles. The molecule has 2 aromatic rings. The number of pyridine rings is 1. The molecular weight excluding hydrogens is 256 g/mol. The second-order valence-corrected chi connectivity index (χ2v) is 5.34. The Hall–Kier alpha value is -1.81. The molecule has 0 bridgehead atoms. The lowest BCUT2D eigenvalue weighted by molar-refractivity contribution is -0.117. The Balaban J connectivity index is 1.95. The van der Waals surface area contributed by atoms with E-state index in [1.54, 1.807) is 4.90 Å². The number of hydrogen-bond acceptors (Lipinski definition) is 3. The molecule has 1 aliphatic heterocycles. The monoisotopic (exact) mass is 270 g/mol.